The Bertz CT molecular complexity index is 809. The molecule has 1 saturated heterocycles. The van der Waals surface area contributed by atoms with Gasteiger partial charge in [0.25, 0.3) is 0 Å². The standard InChI is InChI=1S/C21H20ClNOS/c22-16-10-8-15(9-11-16)14-18-20(24)17-6-2-3-7-19(17)25-21(18)23-12-4-1-5-13-23/h2-3,6-11,14,21H,1,4-5,12-13H2/b18-14+. The molecule has 1 fully saturated rings. The molecule has 0 spiro atoms. The normalized spacial score (nSPS) is 22.8. The summed E-state index contributed by atoms with van der Waals surface area (Å²) < 4.78 is 0. The summed E-state index contributed by atoms with van der Waals surface area (Å²) in [5.74, 6) is 0.153. The van der Waals surface area contributed by atoms with Gasteiger partial charge in [0.2, 0.25) is 0 Å². The molecule has 0 radical (unpaired) electrons. The van der Waals surface area contributed by atoms with Crippen molar-refractivity contribution in [3.63, 3.8) is 0 Å². The SMILES string of the molecule is O=C1/C(=C\c2ccc(Cl)cc2)C(N2CCCCC2)Sc2ccccc21. The van der Waals surface area contributed by atoms with Crippen LogP contribution in [0.1, 0.15) is 35.2 Å². The summed E-state index contributed by atoms with van der Waals surface area (Å²) in [6.07, 6.45) is 5.75. The number of benzene rings is 2. The number of hydrogen-bond acceptors (Lipinski definition) is 3. The van der Waals surface area contributed by atoms with Gasteiger partial charge in [-0.05, 0) is 61.8 Å². The average molecular weight is 370 g/mol. The number of halogens is 1. The van der Waals surface area contributed by atoms with Gasteiger partial charge < -0.3 is 0 Å². The minimum atomic E-state index is 0.0957. The van der Waals surface area contributed by atoms with Gasteiger partial charge in [-0.1, -0.05) is 42.3 Å². The lowest BCUT2D eigenvalue weighted by molar-refractivity contribution is 0.101. The van der Waals surface area contributed by atoms with E-state index in [0.29, 0.717) is 5.02 Å². The summed E-state index contributed by atoms with van der Waals surface area (Å²) in [6, 6.07) is 15.7. The lowest BCUT2D eigenvalue weighted by Gasteiger charge is -2.37. The van der Waals surface area contributed by atoms with Gasteiger partial charge in [0, 0.05) is 21.1 Å². The molecule has 4 heteroatoms. The van der Waals surface area contributed by atoms with Crippen LogP contribution in [0.2, 0.25) is 5.02 Å². The number of carbonyl (C=O) groups excluding carboxylic acids is 1. The molecule has 0 aliphatic carbocycles. The lowest BCUT2D eigenvalue weighted by Crippen LogP contribution is -2.41. The first-order valence-corrected chi connectivity index (χ1v) is 10.00. The summed E-state index contributed by atoms with van der Waals surface area (Å²) in [6.45, 7) is 2.12. The van der Waals surface area contributed by atoms with Crippen LogP contribution >= 0.6 is 23.4 Å². The molecule has 1 unspecified atom stereocenters. The molecule has 2 aromatic rings. The van der Waals surface area contributed by atoms with E-state index in [0.717, 1.165) is 34.7 Å². The molecular weight excluding hydrogens is 350 g/mol. The zero-order valence-corrected chi connectivity index (χ0v) is 15.5. The van der Waals surface area contributed by atoms with Gasteiger partial charge in [0.05, 0.1) is 5.37 Å². The summed E-state index contributed by atoms with van der Waals surface area (Å²) in [4.78, 5) is 16.8. The molecule has 2 aliphatic heterocycles. The molecule has 0 bridgehead atoms. The van der Waals surface area contributed by atoms with Crippen LogP contribution in [0.3, 0.4) is 0 Å². The molecule has 1 atom stereocenters. The van der Waals surface area contributed by atoms with Crippen LogP contribution in [0.4, 0.5) is 0 Å². The number of rotatable bonds is 2. The Morgan fingerprint density at radius 3 is 2.48 bits per heavy atom. The fraction of sp³-hybridized carbons (Fsp3) is 0.286. The van der Waals surface area contributed by atoms with Gasteiger partial charge in [-0.2, -0.15) is 0 Å². The molecule has 0 amide bonds. The summed E-state index contributed by atoms with van der Waals surface area (Å²) in [7, 11) is 0. The predicted octanol–water partition coefficient (Wildman–Crippen LogP) is 5.52. The van der Waals surface area contributed by atoms with Crippen LogP contribution in [0.25, 0.3) is 6.08 Å². The van der Waals surface area contributed by atoms with Gasteiger partial charge in [-0.3, -0.25) is 9.69 Å². The maximum Gasteiger partial charge on any atom is 0.192 e. The molecule has 4 rings (SSSR count). The molecule has 0 saturated carbocycles. The summed E-state index contributed by atoms with van der Waals surface area (Å²) in [5.41, 5.74) is 2.73. The van der Waals surface area contributed by atoms with E-state index < -0.39 is 0 Å². The Kier molecular flexibility index (Phi) is 4.98. The summed E-state index contributed by atoms with van der Waals surface area (Å²) >= 11 is 7.81. The van der Waals surface area contributed by atoms with Gasteiger partial charge in [-0.25, -0.2) is 0 Å². The number of hydrogen-bond donors (Lipinski definition) is 0. The molecule has 2 aromatic carbocycles. The average Bonchev–Trinajstić information content (AvgIpc) is 2.66. The quantitative estimate of drug-likeness (QED) is 0.649. The van der Waals surface area contributed by atoms with Crippen molar-refractivity contribution in [1.29, 1.82) is 0 Å². The first kappa shape index (κ1) is 16.9. The van der Waals surface area contributed by atoms with Crippen LogP contribution in [-0.4, -0.2) is 29.1 Å². The van der Waals surface area contributed by atoms with Gasteiger partial charge in [0.15, 0.2) is 5.78 Å². The third kappa shape index (κ3) is 3.55. The fourth-order valence-corrected chi connectivity index (χ4v) is 4.98. The Labute approximate surface area is 157 Å². The van der Waals surface area contributed by atoms with Crippen LogP contribution in [0, 0.1) is 0 Å². The van der Waals surface area contributed by atoms with Crippen LogP contribution in [-0.2, 0) is 0 Å². The fourth-order valence-electron chi connectivity index (χ4n) is 3.51. The van der Waals surface area contributed by atoms with Crippen LogP contribution in [0.15, 0.2) is 59.0 Å². The highest BCUT2D eigenvalue weighted by Crippen LogP contribution is 2.41. The highest BCUT2D eigenvalue weighted by atomic mass is 35.5. The number of nitrogens with zero attached hydrogens (tertiary/aromatic N) is 1. The number of ketones is 1. The van der Waals surface area contributed by atoms with Crippen LogP contribution < -0.4 is 0 Å². The third-order valence-corrected chi connectivity index (χ3v) is 6.45. The van der Waals surface area contributed by atoms with E-state index in [9.17, 15) is 4.79 Å². The minimum Gasteiger partial charge on any atom is -0.289 e. The third-order valence-electron chi connectivity index (χ3n) is 4.81. The monoisotopic (exact) mass is 369 g/mol. The van der Waals surface area contributed by atoms with E-state index >= 15 is 0 Å². The molecule has 0 aromatic heterocycles. The molecule has 25 heavy (non-hydrogen) atoms. The molecule has 0 N–H and O–H groups in total. The van der Waals surface area contributed by atoms with E-state index in [2.05, 4.69) is 11.0 Å². The number of likely N-dealkylation sites (tertiary alicyclic amines) is 1. The number of fused-ring (bicyclic) bond motifs is 1. The molecular formula is C21H20ClNOS. The second-order valence-corrected chi connectivity index (χ2v) is 8.10. The van der Waals surface area contributed by atoms with Crippen molar-refractivity contribution in [2.24, 2.45) is 0 Å². The number of Topliss-reactive ketones (excluding diaryl/α,β-unsaturated/α-hetero) is 1. The summed E-state index contributed by atoms with van der Waals surface area (Å²) in [5, 5.41) is 0.808. The lowest BCUT2D eigenvalue weighted by atomic mass is 9.98. The van der Waals surface area contributed by atoms with Crippen molar-refractivity contribution in [2.75, 3.05) is 13.1 Å². The van der Waals surface area contributed by atoms with E-state index in [4.69, 9.17) is 11.6 Å². The van der Waals surface area contributed by atoms with E-state index in [1.54, 1.807) is 0 Å². The van der Waals surface area contributed by atoms with Crippen molar-refractivity contribution < 1.29 is 4.79 Å². The molecule has 128 valence electrons. The second kappa shape index (κ2) is 7.36. The van der Waals surface area contributed by atoms with Crippen molar-refractivity contribution in [3.8, 4) is 0 Å². The molecule has 2 aliphatic rings. The first-order valence-electron chi connectivity index (χ1n) is 8.74. The number of piperidine rings is 1. The van der Waals surface area contributed by atoms with E-state index in [1.807, 2.05) is 60.3 Å². The largest absolute Gasteiger partial charge is 0.289 e. The maximum atomic E-state index is 13.2. The smallest absolute Gasteiger partial charge is 0.192 e. The van der Waals surface area contributed by atoms with Crippen LogP contribution in [0.5, 0.6) is 0 Å². The minimum absolute atomic E-state index is 0.0957. The topological polar surface area (TPSA) is 20.3 Å². The van der Waals surface area contributed by atoms with Crippen molar-refractivity contribution in [1.82, 2.24) is 4.90 Å². The number of thioether (sulfide) groups is 1. The van der Waals surface area contributed by atoms with E-state index in [1.165, 1.54) is 19.3 Å². The van der Waals surface area contributed by atoms with Gasteiger partial charge in [-0.15, -0.1) is 11.8 Å². The van der Waals surface area contributed by atoms with Gasteiger partial charge in [0.1, 0.15) is 0 Å². The predicted molar refractivity (Wildman–Crippen MR) is 105 cm³/mol. The van der Waals surface area contributed by atoms with E-state index in [-0.39, 0.29) is 11.2 Å². The van der Waals surface area contributed by atoms with Crippen molar-refractivity contribution >= 4 is 35.2 Å². The number of carbonyl (C=O) groups is 1. The Balaban J connectivity index is 1.76. The zero-order valence-electron chi connectivity index (χ0n) is 14.0. The Morgan fingerprint density at radius 2 is 1.72 bits per heavy atom. The van der Waals surface area contributed by atoms with Gasteiger partial charge >= 0.3 is 0 Å². The Hall–Kier alpha value is -1.55. The van der Waals surface area contributed by atoms with Crippen molar-refractivity contribution in [3.05, 3.63) is 70.3 Å². The maximum absolute atomic E-state index is 13.2. The Morgan fingerprint density at radius 1 is 1.00 bits per heavy atom. The first-order chi connectivity index (χ1) is 12.2. The van der Waals surface area contributed by atoms with Crippen molar-refractivity contribution in [2.45, 2.75) is 29.5 Å². The molecule has 2 nitrogen and oxygen atoms in total. The molecule has 2 heterocycles. The highest BCUT2D eigenvalue weighted by Gasteiger charge is 2.34. The highest BCUT2D eigenvalue weighted by molar-refractivity contribution is 8.00. The second-order valence-electron chi connectivity index (χ2n) is 6.54. The zero-order chi connectivity index (χ0) is 17.2.